The van der Waals surface area contributed by atoms with Crippen LogP contribution in [-0.2, 0) is 0 Å². The van der Waals surface area contributed by atoms with E-state index in [1.165, 1.54) is 25.4 Å². The molecule has 0 atom stereocenters. The number of aromatic nitrogens is 1. The van der Waals surface area contributed by atoms with Gasteiger partial charge < -0.3 is 15.8 Å². The maximum Gasteiger partial charge on any atom is 0.258 e. The smallest absolute Gasteiger partial charge is 0.258 e. The number of benzene rings is 1. The number of hydrogen-bond acceptors (Lipinski definition) is 4. The number of pyridine rings is 1. The predicted octanol–water partition coefficient (Wildman–Crippen LogP) is 2.06. The third kappa shape index (κ3) is 2.98. The molecule has 0 bridgehead atoms. The fourth-order valence-corrected chi connectivity index (χ4v) is 1.49. The molecule has 0 saturated carbocycles. The number of carbonyl (C=O) groups excluding carboxylic acids is 1. The van der Waals surface area contributed by atoms with Crippen LogP contribution in [0.5, 0.6) is 5.88 Å². The molecule has 0 saturated heterocycles. The number of methoxy groups -OCH3 is 1. The molecule has 1 aromatic carbocycles. The van der Waals surface area contributed by atoms with Crippen molar-refractivity contribution in [3.05, 3.63) is 47.9 Å². The van der Waals surface area contributed by atoms with E-state index < -0.39 is 11.7 Å². The van der Waals surface area contributed by atoms with Crippen molar-refractivity contribution in [1.29, 1.82) is 0 Å². The summed E-state index contributed by atoms with van der Waals surface area (Å²) in [6.45, 7) is 0. The van der Waals surface area contributed by atoms with Crippen molar-refractivity contribution >= 4 is 17.3 Å². The van der Waals surface area contributed by atoms with E-state index in [4.69, 9.17) is 10.5 Å². The number of amides is 1. The summed E-state index contributed by atoms with van der Waals surface area (Å²) in [7, 11) is 1.49. The zero-order valence-electron chi connectivity index (χ0n) is 10.2. The van der Waals surface area contributed by atoms with E-state index in [1.807, 2.05) is 0 Å². The molecule has 0 aliphatic rings. The summed E-state index contributed by atoms with van der Waals surface area (Å²) < 4.78 is 18.4. The Morgan fingerprint density at radius 2 is 2.16 bits per heavy atom. The van der Waals surface area contributed by atoms with Crippen molar-refractivity contribution in [2.45, 2.75) is 0 Å². The number of nitrogens with two attached hydrogens (primary N) is 1. The quantitative estimate of drug-likeness (QED) is 0.829. The highest BCUT2D eigenvalue weighted by Crippen LogP contribution is 2.15. The minimum atomic E-state index is -0.668. The maximum atomic E-state index is 13.5. The van der Waals surface area contributed by atoms with E-state index in [9.17, 15) is 9.18 Å². The topological polar surface area (TPSA) is 77.2 Å². The first kappa shape index (κ1) is 12.8. The summed E-state index contributed by atoms with van der Waals surface area (Å²) in [5, 5.41) is 2.53. The SMILES string of the molecule is COc1ccc(NC(=O)c2ccc(N)cc2F)cn1. The summed E-state index contributed by atoms with van der Waals surface area (Å²) in [5.74, 6) is -0.805. The second-order valence-electron chi connectivity index (χ2n) is 3.78. The largest absolute Gasteiger partial charge is 0.481 e. The number of carbonyl (C=O) groups is 1. The Labute approximate surface area is 109 Å². The Morgan fingerprint density at radius 3 is 2.74 bits per heavy atom. The minimum absolute atomic E-state index is 0.0787. The van der Waals surface area contributed by atoms with Crippen LogP contribution in [0, 0.1) is 5.82 Å². The molecule has 6 heteroatoms. The molecule has 0 aliphatic carbocycles. The van der Waals surface area contributed by atoms with Gasteiger partial charge in [-0.3, -0.25) is 4.79 Å². The van der Waals surface area contributed by atoms with Crippen molar-refractivity contribution in [3.63, 3.8) is 0 Å². The van der Waals surface area contributed by atoms with E-state index >= 15 is 0 Å². The molecular weight excluding hydrogens is 249 g/mol. The lowest BCUT2D eigenvalue weighted by Gasteiger charge is -2.07. The first-order valence-electron chi connectivity index (χ1n) is 5.46. The van der Waals surface area contributed by atoms with E-state index in [0.717, 1.165) is 6.07 Å². The highest BCUT2D eigenvalue weighted by atomic mass is 19.1. The zero-order chi connectivity index (χ0) is 13.8. The molecule has 0 unspecified atom stereocenters. The first-order chi connectivity index (χ1) is 9.10. The van der Waals surface area contributed by atoms with E-state index in [2.05, 4.69) is 10.3 Å². The van der Waals surface area contributed by atoms with Gasteiger partial charge in [0.05, 0.1) is 24.6 Å². The summed E-state index contributed by atoms with van der Waals surface area (Å²) >= 11 is 0. The molecule has 3 N–H and O–H groups in total. The lowest BCUT2D eigenvalue weighted by molar-refractivity contribution is 0.102. The van der Waals surface area contributed by atoms with Gasteiger partial charge in [0, 0.05) is 11.8 Å². The number of nitrogens with zero attached hydrogens (tertiary/aromatic N) is 1. The van der Waals surface area contributed by atoms with Gasteiger partial charge >= 0.3 is 0 Å². The fraction of sp³-hybridized carbons (Fsp3) is 0.0769. The van der Waals surface area contributed by atoms with Gasteiger partial charge in [-0.05, 0) is 24.3 Å². The molecule has 0 radical (unpaired) electrons. The monoisotopic (exact) mass is 261 g/mol. The molecule has 1 heterocycles. The van der Waals surface area contributed by atoms with Crippen molar-refractivity contribution in [1.82, 2.24) is 4.98 Å². The molecule has 19 heavy (non-hydrogen) atoms. The van der Waals surface area contributed by atoms with Gasteiger partial charge in [-0.25, -0.2) is 9.37 Å². The molecule has 0 spiro atoms. The van der Waals surface area contributed by atoms with Gasteiger partial charge in [-0.15, -0.1) is 0 Å². The molecule has 2 rings (SSSR count). The van der Waals surface area contributed by atoms with Crippen LogP contribution >= 0.6 is 0 Å². The molecule has 5 nitrogen and oxygen atoms in total. The van der Waals surface area contributed by atoms with Crippen molar-refractivity contribution in [3.8, 4) is 5.88 Å². The van der Waals surface area contributed by atoms with Gasteiger partial charge in [0.15, 0.2) is 0 Å². The van der Waals surface area contributed by atoms with Crippen LogP contribution in [0.25, 0.3) is 0 Å². The Morgan fingerprint density at radius 1 is 1.37 bits per heavy atom. The van der Waals surface area contributed by atoms with Crippen molar-refractivity contribution in [2.75, 3.05) is 18.2 Å². The second-order valence-corrected chi connectivity index (χ2v) is 3.78. The second kappa shape index (κ2) is 5.34. The highest BCUT2D eigenvalue weighted by Gasteiger charge is 2.12. The van der Waals surface area contributed by atoms with Crippen LogP contribution in [0.15, 0.2) is 36.5 Å². The Balaban J connectivity index is 2.15. The summed E-state index contributed by atoms with van der Waals surface area (Å²) in [6.07, 6.45) is 1.42. The van der Waals surface area contributed by atoms with Gasteiger partial charge in [0.2, 0.25) is 5.88 Å². The molecular formula is C13H12FN3O2. The number of nitrogen functional groups attached to an aromatic ring is 1. The van der Waals surface area contributed by atoms with E-state index in [1.54, 1.807) is 12.1 Å². The van der Waals surface area contributed by atoms with Crippen molar-refractivity contribution in [2.24, 2.45) is 0 Å². The Kier molecular flexibility index (Phi) is 3.61. The van der Waals surface area contributed by atoms with Crippen LogP contribution in [0.4, 0.5) is 15.8 Å². The number of ether oxygens (including phenoxy) is 1. The van der Waals surface area contributed by atoms with Gasteiger partial charge in [-0.2, -0.15) is 0 Å². The summed E-state index contributed by atoms with van der Waals surface area (Å²) in [6, 6.07) is 7.09. The average Bonchev–Trinajstić information content (AvgIpc) is 2.39. The molecule has 2 aromatic rings. The van der Waals surface area contributed by atoms with Crippen LogP contribution in [-0.4, -0.2) is 18.0 Å². The van der Waals surface area contributed by atoms with Crippen LogP contribution in [0.3, 0.4) is 0 Å². The molecule has 98 valence electrons. The lowest BCUT2D eigenvalue weighted by Crippen LogP contribution is -2.14. The lowest BCUT2D eigenvalue weighted by atomic mass is 10.2. The third-order valence-electron chi connectivity index (χ3n) is 2.44. The molecule has 0 fully saturated rings. The Bertz CT molecular complexity index is 599. The number of anilines is 2. The minimum Gasteiger partial charge on any atom is -0.481 e. The maximum absolute atomic E-state index is 13.5. The average molecular weight is 261 g/mol. The molecule has 1 aromatic heterocycles. The molecule has 1 amide bonds. The van der Waals surface area contributed by atoms with E-state index in [0.29, 0.717) is 11.6 Å². The van der Waals surface area contributed by atoms with Gasteiger partial charge in [-0.1, -0.05) is 0 Å². The fourth-order valence-electron chi connectivity index (χ4n) is 1.49. The van der Waals surface area contributed by atoms with E-state index in [-0.39, 0.29) is 11.3 Å². The van der Waals surface area contributed by atoms with Gasteiger partial charge in [0.1, 0.15) is 5.82 Å². The number of hydrogen-bond donors (Lipinski definition) is 2. The number of nitrogens with one attached hydrogen (secondary N) is 1. The first-order valence-corrected chi connectivity index (χ1v) is 5.46. The van der Waals surface area contributed by atoms with Crippen molar-refractivity contribution < 1.29 is 13.9 Å². The predicted molar refractivity (Wildman–Crippen MR) is 69.6 cm³/mol. The standard InChI is InChI=1S/C13H12FN3O2/c1-19-12-5-3-9(7-16-12)17-13(18)10-4-2-8(15)6-11(10)14/h2-7H,15H2,1H3,(H,17,18). The third-order valence-corrected chi connectivity index (χ3v) is 2.44. The van der Waals surface area contributed by atoms with Crippen LogP contribution in [0.2, 0.25) is 0 Å². The summed E-state index contributed by atoms with van der Waals surface area (Å²) in [4.78, 5) is 15.8. The normalized spacial score (nSPS) is 10.0. The van der Waals surface area contributed by atoms with Gasteiger partial charge in [0.25, 0.3) is 5.91 Å². The number of rotatable bonds is 3. The molecule has 0 aliphatic heterocycles. The summed E-state index contributed by atoms with van der Waals surface area (Å²) in [5.41, 5.74) is 6.05. The Hall–Kier alpha value is -2.63. The highest BCUT2D eigenvalue weighted by molar-refractivity contribution is 6.04. The number of halogens is 1. The zero-order valence-corrected chi connectivity index (χ0v) is 10.2. The van der Waals surface area contributed by atoms with Crippen LogP contribution in [0.1, 0.15) is 10.4 Å². The van der Waals surface area contributed by atoms with Crippen LogP contribution < -0.4 is 15.8 Å².